The van der Waals surface area contributed by atoms with Crippen molar-refractivity contribution in [3.8, 4) is 11.3 Å². The van der Waals surface area contributed by atoms with Gasteiger partial charge in [-0.25, -0.2) is 17.8 Å². The van der Waals surface area contributed by atoms with Gasteiger partial charge in [0.05, 0.1) is 12.6 Å². The maximum Gasteiger partial charge on any atom is 0.287 e. The van der Waals surface area contributed by atoms with Crippen LogP contribution in [0.5, 0.6) is 0 Å². The fourth-order valence-electron chi connectivity index (χ4n) is 5.77. The standard InChI is InChI=1S/C31H35FN4O6S/c1-20-9-14-24(26(37)19-36(20)43(40,41)29-8-4-5-17-33-29)34-30(38)25(18-21-6-2-3-7-21)35-31(39)28-16-15-27(42-28)22-10-12-23(32)13-11-22/h4-5,8,10-13,15-17,20-21,24-25H,2-3,6-7,9,14,18-19H2,1H3,(H,34,38)(H,35,39)/t20-,24+,25+/m1/s1. The number of nitrogens with zero attached hydrogens (tertiary/aromatic N) is 2. The molecule has 228 valence electrons. The number of amides is 2. The van der Waals surface area contributed by atoms with E-state index in [4.69, 9.17) is 4.42 Å². The highest BCUT2D eigenvalue weighted by molar-refractivity contribution is 7.89. The van der Waals surface area contributed by atoms with Gasteiger partial charge in [-0.3, -0.25) is 14.4 Å². The number of Topliss-reactive ketones (excluding diaryl/α,β-unsaturated/α-hetero) is 1. The van der Waals surface area contributed by atoms with Gasteiger partial charge < -0.3 is 15.1 Å². The van der Waals surface area contributed by atoms with Crippen LogP contribution in [0.4, 0.5) is 4.39 Å². The van der Waals surface area contributed by atoms with Crippen LogP contribution in [0.15, 0.2) is 70.2 Å². The molecule has 2 aliphatic rings. The molecular weight excluding hydrogens is 575 g/mol. The van der Waals surface area contributed by atoms with Gasteiger partial charge in [-0.15, -0.1) is 0 Å². The third-order valence-electron chi connectivity index (χ3n) is 8.22. The van der Waals surface area contributed by atoms with Crippen LogP contribution in [0, 0.1) is 11.7 Å². The van der Waals surface area contributed by atoms with E-state index >= 15 is 0 Å². The first kappa shape index (κ1) is 30.6. The minimum atomic E-state index is -4.02. The van der Waals surface area contributed by atoms with E-state index < -0.39 is 58.1 Å². The molecule has 1 saturated heterocycles. The molecule has 2 aromatic heterocycles. The molecule has 3 aromatic rings. The molecule has 10 nitrogen and oxygen atoms in total. The Morgan fingerprint density at radius 2 is 1.79 bits per heavy atom. The molecule has 2 amide bonds. The van der Waals surface area contributed by atoms with Gasteiger partial charge in [0, 0.05) is 17.8 Å². The molecule has 0 radical (unpaired) electrons. The molecule has 43 heavy (non-hydrogen) atoms. The maximum absolute atomic E-state index is 13.6. The van der Waals surface area contributed by atoms with E-state index in [1.807, 2.05) is 0 Å². The van der Waals surface area contributed by atoms with E-state index in [0.717, 1.165) is 30.0 Å². The fraction of sp³-hybridized carbons (Fsp3) is 0.419. The first-order valence-electron chi connectivity index (χ1n) is 14.5. The number of ketones is 1. The third kappa shape index (κ3) is 7.19. The first-order chi connectivity index (χ1) is 20.6. The topological polar surface area (TPSA) is 139 Å². The molecule has 0 unspecified atom stereocenters. The zero-order chi connectivity index (χ0) is 30.6. The predicted octanol–water partition coefficient (Wildman–Crippen LogP) is 4.09. The van der Waals surface area contributed by atoms with Crippen molar-refractivity contribution in [1.29, 1.82) is 0 Å². The van der Waals surface area contributed by atoms with E-state index in [9.17, 15) is 27.2 Å². The van der Waals surface area contributed by atoms with Crippen LogP contribution in [-0.4, -0.2) is 60.0 Å². The molecule has 5 rings (SSSR count). The van der Waals surface area contributed by atoms with Crippen LogP contribution in [0.3, 0.4) is 0 Å². The van der Waals surface area contributed by atoms with Gasteiger partial charge in [0.2, 0.25) is 5.91 Å². The minimum Gasteiger partial charge on any atom is -0.451 e. The average Bonchev–Trinajstić information content (AvgIpc) is 3.68. The quantitative estimate of drug-likeness (QED) is 0.372. The molecule has 1 aliphatic carbocycles. The smallest absolute Gasteiger partial charge is 0.287 e. The third-order valence-corrected chi connectivity index (χ3v) is 10.1. The van der Waals surface area contributed by atoms with Crippen molar-refractivity contribution in [3.63, 3.8) is 0 Å². The van der Waals surface area contributed by atoms with E-state index in [-0.39, 0.29) is 23.1 Å². The summed E-state index contributed by atoms with van der Waals surface area (Å²) in [5.74, 6) is -1.29. The average molecular weight is 611 g/mol. The molecular formula is C31H35FN4O6S. The summed E-state index contributed by atoms with van der Waals surface area (Å²) in [4.78, 5) is 44.0. The molecule has 2 fully saturated rings. The van der Waals surface area contributed by atoms with E-state index in [0.29, 0.717) is 24.2 Å². The second-order valence-electron chi connectivity index (χ2n) is 11.3. The number of aromatic nitrogens is 1. The van der Waals surface area contributed by atoms with Crippen molar-refractivity contribution < 1.29 is 31.6 Å². The largest absolute Gasteiger partial charge is 0.451 e. The number of furan rings is 1. The summed E-state index contributed by atoms with van der Waals surface area (Å²) in [6.07, 6.45) is 6.36. The lowest BCUT2D eigenvalue weighted by molar-refractivity contribution is -0.129. The summed E-state index contributed by atoms with van der Waals surface area (Å²) in [5.41, 5.74) is 0.598. The van der Waals surface area contributed by atoms with Gasteiger partial charge in [-0.1, -0.05) is 31.7 Å². The number of hydrogen-bond donors (Lipinski definition) is 2. The lowest BCUT2D eigenvalue weighted by Crippen LogP contribution is -2.52. The predicted molar refractivity (Wildman–Crippen MR) is 156 cm³/mol. The Labute approximate surface area is 250 Å². The number of halogens is 1. The Morgan fingerprint density at radius 3 is 2.49 bits per heavy atom. The summed E-state index contributed by atoms with van der Waals surface area (Å²) in [5, 5.41) is 5.45. The summed E-state index contributed by atoms with van der Waals surface area (Å²) in [6.45, 7) is 1.33. The normalized spacial score (nSPS) is 20.8. The number of hydrogen-bond acceptors (Lipinski definition) is 7. The van der Waals surface area contributed by atoms with E-state index in [1.54, 1.807) is 37.3 Å². The number of sulfonamides is 1. The molecule has 0 bridgehead atoms. The molecule has 3 atom stereocenters. The van der Waals surface area contributed by atoms with Gasteiger partial charge in [-0.05, 0) is 80.6 Å². The molecule has 3 heterocycles. The Hall–Kier alpha value is -3.90. The van der Waals surface area contributed by atoms with Gasteiger partial charge >= 0.3 is 0 Å². The highest BCUT2D eigenvalue weighted by atomic mass is 32.2. The van der Waals surface area contributed by atoms with E-state index in [2.05, 4.69) is 15.6 Å². The zero-order valence-electron chi connectivity index (χ0n) is 23.9. The van der Waals surface area contributed by atoms with Gasteiger partial charge in [0.1, 0.15) is 17.6 Å². The Kier molecular flexibility index (Phi) is 9.36. The lowest BCUT2D eigenvalue weighted by atomic mass is 9.97. The summed E-state index contributed by atoms with van der Waals surface area (Å²) >= 11 is 0. The first-order valence-corrected chi connectivity index (χ1v) is 16.0. The second kappa shape index (κ2) is 13.2. The van der Waals surface area contributed by atoms with Crippen molar-refractivity contribution in [2.24, 2.45) is 5.92 Å². The lowest BCUT2D eigenvalue weighted by Gasteiger charge is -2.25. The second-order valence-corrected chi connectivity index (χ2v) is 13.1. The van der Waals surface area contributed by atoms with Crippen molar-refractivity contribution in [1.82, 2.24) is 19.9 Å². The highest BCUT2D eigenvalue weighted by Crippen LogP contribution is 2.29. The monoisotopic (exact) mass is 610 g/mol. The van der Waals surface area contributed by atoms with Crippen LogP contribution in [0.1, 0.15) is 62.4 Å². The molecule has 1 saturated carbocycles. The van der Waals surface area contributed by atoms with E-state index in [1.165, 1.54) is 30.5 Å². The SMILES string of the molecule is C[C@@H]1CC[C@H](NC(=O)[C@H](CC2CCCC2)NC(=O)c2ccc(-c3ccc(F)cc3)o2)C(=O)CN1S(=O)(=O)c1ccccn1. The zero-order valence-corrected chi connectivity index (χ0v) is 24.7. The van der Waals surface area contributed by atoms with Crippen molar-refractivity contribution in [2.45, 2.75) is 75.0 Å². The summed E-state index contributed by atoms with van der Waals surface area (Å²) in [6, 6.07) is 11.0. The number of carbonyl (C=O) groups excluding carboxylic acids is 3. The number of rotatable bonds is 9. The van der Waals surface area contributed by atoms with Crippen LogP contribution < -0.4 is 10.6 Å². The molecule has 2 N–H and O–H groups in total. The highest BCUT2D eigenvalue weighted by Gasteiger charge is 2.38. The van der Waals surface area contributed by atoms with Gasteiger partial charge in [0.25, 0.3) is 15.9 Å². The number of pyridine rings is 1. The summed E-state index contributed by atoms with van der Waals surface area (Å²) in [7, 11) is -4.02. The van der Waals surface area contributed by atoms with Crippen molar-refractivity contribution >= 4 is 27.6 Å². The van der Waals surface area contributed by atoms with Gasteiger partial charge in [0.15, 0.2) is 16.6 Å². The van der Waals surface area contributed by atoms with Gasteiger partial charge in [-0.2, -0.15) is 4.31 Å². The van der Waals surface area contributed by atoms with Crippen LogP contribution in [0.2, 0.25) is 0 Å². The van der Waals surface area contributed by atoms with Crippen molar-refractivity contribution in [2.75, 3.05) is 6.54 Å². The maximum atomic E-state index is 13.6. The van der Waals surface area contributed by atoms with Crippen LogP contribution >= 0.6 is 0 Å². The Morgan fingerprint density at radius 1 is 1.05 bits per heavy atom. The molecule has 1 aliphatic heterocycles. The van der Waals surface area contributed by atoms with Crippen molar-refractivity contribution in [3.05, 3.63) is 72.4 Å². The fourth-order valence-corrected chi connectivity index (χ4v) is 7.33. The summed E-state index contributed by atoms with van der Waals surface area (Å²) < 4.78 is 46.6. The Bertz CT molecular complexity index is 1550. The number of carbonyl (C=O) groups is 3. The Balaban J connectivity index is 1.28. The van der Waals surface area contributed by atoms with Crippen LogP contribution in [-0.2, 0) is 19.6 Å². The molecule has 12 heteroatoms. The number of benzene rings is 1. The van der Waals surface area contributed by atoms with Crippen LogP contribution in [0.25, 0.3) is 11.3 Å². The molecule has 0 spiro atoms. The molecule has 1 aromatic carbocycles. The number of nitrogens with one attached hydrogen (secondary N) is 2. The minimum absolute atomic E-state index is 0.00159.